The number of benzene rings is 1. The summed E-state index contributed by atoms with van der Waals surface area (Å²) in [6, 6.07) is 6.36. The van der Waals surface area contributed by atoms with Crippen LogP contribution in [0.1, 0.15) is 63.0 Å². The van der Waals surface area contributed by atoms with E-state index >= 15 is 0 Å². The van der Waals surface area contributed by atoms with Gasteiger partial charge in [-0.05, 0) is 69.7 Å². The number of rotatable bonds is 11. The Bertz CT molecular complexity index is 795. The summed E-state index contributed by atoms with van der Waals surface area (Å²) in [4.78, 5) is 14.8. The lowest BCUT2D eigenvalue weighted by Crippen LogP contribution is -2.40. The van der Waals surface area contributed by atoms with Crippen LogP contribution in [0.25, 0.3) is 0 Å². The zero-order chi connectivity index (χ0) is 22.1. The second kappa shape index (κ2) is 11.7. The monoisotopic (exact) mass is 437 g/mol. The minimum absolute atomic E-state index is 0.00454. The minimum Gasteiger partial charge on any atom is -0.356 e. The predicted octanol–water partition coefficient (Wildman–Crippen LogP) is 3.62. The highest BCUT2D eigenvalue weighted by Crippen LogP contribution is 2.25. The van der Waals surface area contributed by atoms with Crippen LogP contribution in [0.5, 0.6) is 0 Å². The molecule has 30 heavy (non-hydrogen) atoms. The Hall–Kier alpha value is -1.60. The van der Waals surface area contributed by atoms with E-state index in [0.717, 1.165) is 24.1 Å². The number of hydrogen-bond acceptors (Lipinski definition) is 4. The van der Waals surface area contributed by atoms with E-state index in [1.165, 1.54) is 42.8 Å². The fourth-order valence-electron chi connectivity index (χ4n) is 4.27. The highest BCUT2D eigenvalue weighted by molar-refractivity contribution is 7.92. The van der Waals surface area contributed by atoms with Gasteiger partial charge in [0, 0.05) is 32.1 Å². The van der Waals surface area contributed by atoms with Gasteiger partial charge in [0.1, 0.15) is 0 Å². The maximum absolute atomic E-state index is 12.3. The maximum atomic E-state index is 12.3. The molecule has 0 bridgehead atoms. The van der Waals surface area contributed by atoms with Gasteiger partial charge in [0.15, 0.2) is 0 Å². The van der Waals surface area contributed by atoms with E-state index in [2.05, 4.69) is 17.1 Å². The van der Waals surface area contributed by atoms with Crippen LogP contribution in [0.4, 0.5) is 5.69 Å². The molecule has 0 aromatic heterocycles. The number of aryl methyl sites for hydroxylation is 1. The van der Waals surface area contributed by atoms with Crippen LogP contribution in [0, 0.1) is 13.8 Å². The molecule has 0 saturated carbocycles. The van der Waals surface area contributed by atoms with Gasteiger partial charge >= 0.3 is 0 Å². The first-order valence-corrected chi connectivity index (χ1v) is 13.1. The van der Waals surface area contributed by atoms with E-state index in [4.69, 9.17) is 0 Å². The van der Waals surface area contributed by atoms with Gasteiger partial charge in [-0.2, -0.15) is 0 Å². The van der Waals surface area contributed by atoms with E-state index in [1.54, 1.807) is 0 Å². The van der Waals surface area contributed by atoms with E-state index in [9.17, 15) is 13.2 Å². The highest BCUT2D eigenvalue weighted by atomic mass is 32.2. The van der Waals surface area contributed by atoms with Crippen LogP contribution < -0.4 is 9.62 Å². The number of nitrogens with one attached hydrogen (secondary N) is 1. The van der Waals surface area contributed by atoms with Gasteiger partial charge in [-0.25, -0.2) is 8.42 Å². The van der Waals surface area contributed by atoms with Gasteiger partial charge in [0.2, 0.25) is 15.9 Å². The van der Waals surface area contributed by atoms with Gasteiger partial charge in [0.05, 0.1) is 11.9 Å². The second-order valence-corrected chi connectivity index (χ2v) is 10.4. The molecule has 1 N–H and O–H groups in total. The van der Waals surface area contributed by atoms with E-state index < -0.39 is 10.0 Å². The molecule has 170 valence electrons. The molecule has 1 atom stereocenters. The second-order valence-electron chi connectivity index (χ2n) is 8.46. The molecule has 2 rings (SSSR count). The number of nitrogens with zero attached hydrogens (tertiary/aromatic N) is 2. The van der Waals surface area contributed by atoms with Crippen molar-refractivity contribution in [3.05, 3.63) is 29.3 Å². The van der Waals surface area contributed by atoms with Crippen molar-refractivity contribution in [3.63, 3.8) is 0 Å². The normalized spacial score (nSPS) is 17.7. The number of carbonyl (C=O) groups is 1. The topological polar surface area (TPSA) is 69.7 Å². The van der Waals surface area contributed by atoms with E-state index in [-0.39, 0.29) is 5.91 Å². The Morgan fingerprint density at radius 3 is 2.70 bits per heavy atom. The third-order valence-corrected chi connectivity index (χ3v) is 7.35. The summed E-state index contributed by atoms with van der Waals surface area (Å²) in [5, 5.41) is 2.99. The number of likely N-dealkylation sites (tertiary alicyclic amines) is 1. The molecule has 1 aromatic carbocycles. The van der Waals surface area contributed by atoms with Crippen molar-refractivity contribution < 1.29 is 13.2 Å². The lowest BCUT2D eigenvalue weighted by atomic mass is 10.00. The molecule has 0 spiro atoms. The first kappa shape index (κ1) is 24.7. The zero-order valence-electron chi connectivity index (χ0n) is 19.1. The molecule has 1 aliphatic heterocycles. The molecule has 1 saturated heterocycles. The zero-order valence-corrected chi connectivity index (χ0v) is 19.9. The third-order valence-electron chi connectivity index (χ3n) is 6.17. The molecule has 6 nitrogen and oxygen atoms in total. The lowest BCUT2D eigenvalue weighted by Gasteiger charge is -2.35. The Labute approximate surface area is 183 Å². The molecule has 1 fully saturated rings. The minimum atomic E-state index is -3.40. The quantitative estimate of drug-likeness (QED) is 0.537. The third kappa shape index (κ3) is 7.27. The molecule has 0 radical (unpaired) electrons. The standard InChI is InChI=1S/C23H39N3O3S/c1-5-21-12-6-7-16-25(21)17-10-15-24-23(27)14-9-18-26(30(4,28)29)22-13-8-11-19(2)20(22)3/h8,11,13,21H,5-7,9-10,12,14-18H2,1-4H3,(H,24,27)/t21-/m1/s1. The van der Waals surface area contributed by atoms with Crippen molar-refractivity contribution in [2.75, 3.05) is 36.7 Å². The Morgan fingerprint density at radius 1 is 1.23 bits per heavy atom. The molecule has 1 amide bonds. The van der Waals surface area contributed by atoms with Gasteiger partial charge in [-0.1, -0.05) is 25.5 Å². The summed E-state index contributed by atoms with van der Waals surface area (Å²) in [6.07, 6.45) is 8.11. The van der Waals surface area contributed by atoms with Gasteiger partial charge in [0.25, 0.3) is 0 Å². The van der Waals surface area contributed by atoms with Crippen LogP contribution in [-0.2, 0) is 14.8 Å². The summed E-state index contributed by atoms with van der Waals surface area (Å²) < 4.78 is 26.0. The number of amides is 1. The summed E-state index contributed by atoms with van der Waals surface area (Å²) in [7, 11) is -3.40. The van der Waals surface area contributed by atoms with Crippen LogP contribution in [-0.4, -0.2) is 57.7 Å². The van der Waals surface area contributed by atoms with Crippen molar-refractivity contribution in [2.24, 2.45) is 0 Å². The van der Waals surface area contributed by atoms with Gasteiger partial charge < -0.3 is 10.2 Å². The molecular weight excluding hydrogens is 398 g/mol. The summed E-state index contributed by atoms with van der Waals surface area (Å²) in [5.41, 5.74) is 2.71. The Kier molecular flexibility index (Phi) is 9.62. The van der Waals surface area contributed by atoms with E-state index in [0.29, 0.717) is 37.7 Å². The lowest BCUT2D eigenvalue weighted by molar-refractivity contribution is -0.121. The number of anilines is 1. The Balaban J connectivity index is 1.76. The molecule has 7 heteroatoms. The summed E-state index contributed by atoms with van der Waals surface area (Å²) in [5.74, 6) is -0.00454. The number of piperidine rings is 1. The van der Waals surface area contributed by atoms with Gasteiger partial charge in [-0.15, -0.1) is 0 Å². The Morgan fingerprint density at radius 2 is 2.00 bits per heavy atom. The van der Waals surface area contributed by atoms with Crippen molar-refractivity contribution >= 4 is 21.6 Å². The van der Waals surface area contributed by atoms with Crippen molar-refractivity contribution in [1.82, 2.24) is 10.2 Å². The van der Waals surface area contributed by atoms with E-state index in [1.807, 2.05) is 32.0 Å². The first-order valence-electron chi connectivity index (χ1n) is 11.3. The largest absolute Gasteiger partial charge is 0.356 e. The number of hydrogen-bond donors (Lipinski definition) is 1. The average molecular weight is 438 g/mol. The summed E-state index contributed by atoms with van der Waals surface area (Å²) in [6.45, 7) is 9.35. The molecule has 1 aliphatic rings. The SMILES string of the molecule is CC[C@@H]1CCCCN1CCCNC(=O)CCCN(c1cccc(C)c1C)S(C)(=O)=O. The molecular formula is C23H39N3O3S. The van der Waals surface area contributed by atoms with Crippen LogP contribution in [0.2, 0.25) is 0 Å². The van der Waals surface area contributed by atoms with Crippen LogP contribution in [0.3, 0.4) is 0 Å². The smallest absolute Gasteiger partial charge is 0.232 e. The van der Waals surface area contributed by atoms with Gasteiger partial charge in [-0.3, -0.25) is 9.10 Å². The first-order chi connectivity index (χ1) is 14.2. The summed E-state index contributed by atoms with van der Waals surface area (Å²) >= 11 is 0. The fraction of sp³-hybridized carbons (Fsp3) is 0.696. The van der Waals surface area contributed by atoms with Crippen molar-refractivity contribution in [2.45, 2.75) is 71.8 Å². The number of carbonyl (C=O) groups excluding carboxylic acids is 1. The molecule has 0 aliphatic carbocycles. The molecule has 1 heterocycles. The predicted molar refractivity (Wildman–Crippen MR) is 124 cm³/mol. The number of sulfonamides is 1. The van der Waals surface area contributed by atoms with Crippen LogP contribution in [0.15, 0.2) is 18.2 Å². The van der Waals surface area contributed by atoms with Crippen molar-refractivity contribution in [1.29, 1.82) is 0 Å². The average Bonchev–Trinajstić information content (AvgIpc) is 2.70. The molecule has 1 aromatic rings. The highest BCUT2D eigenvalue weighted by Gasteiger charge is 2.21. The van der Waals surface area contributed by atoms with Crippen LogP contribution >= 0.6 is 0 Å². The maximum Gasteiger partial charge on any atom is 0.232 e. The van der Waals surface area contributed by atoms with Crippen molar-refractivity contribution in [3.8, 4) is 0 Å². The fourth-order valence-corrected chi connectivity index (χ4v) is 5.28. The molecule has 0 unspecified atom stereocenters.